The summed E-state index contributed by atoms with van der Waals surface area (Å²) in [6, 6.07) is 12.8. The number of hydrogen-bond acceptors (Lipinski definition) is 1. The van der Waals surface area contributed by atoms with E-state index in [4.69, 9.17) is 4.74 Å². The van der Waals surface area contributed by atoms with Crippen molar-refractivity contribution in [1.82, 2.24) is 0 Å². The van der Waals surface area contributed by atoms with E-state index in [0.29, 0.717) is 4.83 Å². The lowest BCUT2D eigenvalue weighted by Crippen LogP contribution is -1.96. The molecule has 2 heteroatoms. The van der Waals surface area contributed by atoms with Gasteiger partial charge < -0.3 is 4.74 Å². The second-order valence-corrected chi connectivity index (χ2v) is 6.17. The molecule has 0 spiro atoms. The SMILES string of the molecule is COc1ccc(C(Br)C2CC2C)c2ccccc12. The number of rotatable bonds is 3. The second kappa shape index (κ2) is 4.58. The normalized spacial score (nSPS) is 23.9. The minimum Gasteiger partial charge on any atom is -0.496 e. The van der Waals surface area contributed by atoms with Gasteiger partial charge in [0.1, 0.15) is 5.75 Å². The summed E-state index contributed by atoms with van der Waals surface area (Å²) in [5, 5.41) is 2.51. The molecular formula is C16H17BrO. The Morgan fingerprint density at radius 2 is 1.83 bits per heavy atom. The van der Waals surface area contributed by atoms with Crippen LogP contribution in [-0.2, 0) is 0 Å². The van der Waals surface area contributed by atoms with E-state index in [-0.39, 0.29) is 0 Å². The highest BCUT2D eigenvalue weighted by Crippen LogP contribution is 2.52. The molecule has 3 unspecified atom stereocenters. The molecule has 0 amide bonds. The van der Waals surface area contributed by atoms with Gasteiger partial charge in [-0.1, -0.05) is 53.2 Å². The maximum atomic E-state index is 5.44. The summed E-state index contributed by atoms with van der Waals surface area (Å²) in [7, 11) is 1.73. The molecule has 0 N–H and O–H groups in total. The summed E-state index contributed by atoms with van der Waals surface area (Å²) in [5.41, 5.74) is 1.39. The van der Waals surface area contributed by atoms with Crippen molar-refractivity contribution in [3.8, 4) is 5.75 Å². The standard InChI is InChI=1S/C16H17BrO/c1-10-9-14(10)16(17)13-7-8-15(18-2)12-6-4-3-5-11(12)13/h3-8,10,14,16H,9H2,1-2H3. The molecule has 3 atom stereocenters. The van der Waals surface area contributed by atoms with Crippen LogP contribution in [0.15, 0.2) is 36.4 Å². The Morgan fingerprint density at radius 1 is 1.17 bits per heavy atom. The fraction of sp³-hybridized carbons (Fsp3) is 0.375. The zero-order chi connectivity index (χ0) is 12.7. The Morgan fingerprint density at radius 3 is 2.44 bits per heavy atom. The molecule has 1 nitrogen and oxygen atoms in total. The summed E-state index contributed by atoms with van der Waals surface area (Å²) in [4.78, 5) is 0.461. The highest BCUT2D eigenvalue weighted by Gasteiger charge is 2.39. The highest BCUT2D eigenvalue weighted by atomic mass is 79.9. The van der Waals surface area contributed by atoms with E-state index in [0.717, 1.165) is 17.6 Å². The Kier molecular flexibility index (Phi) is 3.06. The molecule has 0 radical (unpaired) electrons. The maximum absolute atomic E-state index is 5.44. The zero-order valence-corrected chi connectivity index (χ0v) is 12.3. The molecule has 2 aromatic carbocycles. The largest absolute Gasteiger partial charge is 0.496 e. The summed E-state index contributed by atoms with van der Waals surface area (Å²) in [6.45, 7) is 2.32. The number of methoxy groups -OCH3 is 1. The van der Waals surface area contributed by atoms with Crippen LogP contribution < -0.4 is 4.74 Å². The van der Waals surface area contributed by atoms with Crippen molar-refractivity contribution in [2.45, 2.75) is 18.2 Å². The molecule has 1 saturated carbocycles. The number of ether oxygens (including phenoxy) is 1. The minimum atomic E-state index is 0.461. The van der Waals surface area contributed by atoms with Gasteiger partial charge in [0.2, 0.25) is 0 Å². The lowest BCUT2D eigenvalue weighted by atomic mass is 9.99. The summed E-state index contributed by atoms with van der Waals surface area (Å²) < 4.78 is 5.44. The van der Waals surface area contributed by atoms with Gasteiger partial charge in [-0.15, -0.1) is 0 Å². The predicted octanol–water partition coefficient (Wildman–Crippen LogP) is 4.94. The molecule has 2 aromatic rings. The number of alkyl halides is 1. The van der Waals surface area contributed by atoms with Gasteiger partial charge in [-0.3, -0.25) is 0 Å². The maximum Gasteiger partial charge on any atom is 0.126 e. The topological polar surface area (TPSA) is 9.23 Å². The molecule has 0 saturated heterocycles. The van der Waals surface area contributed by atoms with E-state index in [1.54, 1.807) is 7.11 Å². The van der Waals surface area contributed by atoms with Gasteiger partial charge in [0.15, 0.2) is 0 Å². The van der Waals surface area contributed by atoms with Crippen LogP contribution in [0.25, 0.3) is 10.8 Å². The first-order valence-electron chi connectivity index (χ1n) is 6.42. The van der Waals surface area contributed by atoms with Crippen LogP contribution in [-0.4, -0.2) is 7.11 Å². The van der Waals surface area contributed by atoms with Crippen molar-refractivity contribution >= 4 is 26.7 Å². The van der Waals surface area contributed by atoms with Gasteiger partial charge in [-0.2, -0.15) is 0 Å². The van der Waals surface area contributed by atoms with E-state index < -0.39 is 0 Å². The Hall–Kier alpha value is -1.02. The van der Waals surface area contributed by atoms with Crippen LogP contribution in [0.4, 0.5) is 0 Å². The molecule has 1 fully saturated rings. The van der Waals surface area contributed by atoms with Crippen molar-refractivity contribution in [3.05, 3.63) is 42.0 Å². The van der Waals surface area contributed by atoms with Crippen LogP contribution in [0.5, 0.6) is 5.75 Å². The van der Waals surface area contributed by atoms with Gasteiger partial charge in [-0.25, -0.2) is 0 Å². The fourth-order valence-electron chi connectivity index (χ4n) is 2.70. The number of hydrogen-bond donors (Lipinski definition) is 0. The third-order valence-corrected chi connectivity index (χ3v) is 5.15. The molecular weight excluding hydrogens is 288 g/mol. The molecule has 18 heavy (non-hydrogen) atoms. The first-order valence-corrected chi connectivity index (χ1v) is 7.33. The van der Waals surface area contributed by atoms with Crippen LogP contribution >= 0.6 is 15.9 Å². The molecule has 0 bridgehead atoms. The van der Waals surface area contributed by atoms with E-state index in [1.165, 1.54) is 22.8 Å². The fourth-order valence-corrected chi connectivity index (χ4v) is 3.84. The summed E-state index contributed by atoms with van der Waals surface area (Å²) >= 11 is 3.88. The first kappa shape index (κ1) is 12.0. The van der Waals surface area contributed by atoms with E-state index >= 15 is 0 Å². The number of halogens is 1. The van der Waals surface area contributed by atoms with Crippen molar-refractivity contribution < 1.29 is 4.74 Å². The quantitative estimate of drug-likeness (QED) is 0.730. The van der Waals surface area contributed by atoms with E-state index in [2.05, 4.69) is 59.3 Å². The molecule has 0 aromatic heterocycles. The first-order chi connectivity index (χ1) is 8.72. The molecule has 0 aliphatic heterocycles. The lowest BCUT2D eigenvalue weighted by Gasteiger charge is -2.15. The minimum absolute atomic E-state index is 0.461. The smallest absolute Gasteiger partial charge is 0.126 e. The Balaban J connectivity index is 2.12. The molecule has 0 heterocycles. The highest BCUT2D eigenvalue weighted by molar-refractivity contribution is 9.09. The van der Waals surface area contributed by atoms with Gasteiger partial charge in [0.25, 0.3) is 0 Å². The summed E-state index contributed by atoms with van der Waals surface area (Å²) in [5.74, 6) is 2.58. The Labute approximate surface area is 116 Å². The van der Waals surface area contributed by atoms with E-state index in [1.807, 2.05) is 0 Å². The predicted molar refractivity (Wildman–Crippen MR) is 79.4 cm³/mol. The average Bonchev–Trinajstić information content (AvgIpc) is 3.14. The molecule has 1 aliphatic rings. The van der Waals surface area contributed by atoms with Gasteiger partial charge in [0, 0.05) is 10.2 Å². The van der Waals surface area contributed by atoms with Crippen molar-refractivity contribution in [2.75, 3.05) is 7.11 Å². The monoisotopic (exact) mass is 304 g/mol. The molecule has 3 rings (SSSR count). The second-order valence-electron chi connectivity index (χ2n) is 5.18. The van der Waals surface area contributed by atoms with Crippen LogP contribution in [0.3, 0.4) is 0 Å². The van der Waals surface area contributed by atoms with Crippen molar-refractivity contribution in [2.24, 2.45) is 11.8 Å². The van der Waals surface area contributed by atoms with Gasteiger partial charge in [0.05, 0.1) is 7.11 Å². The lowest BCUT2D eigenvalue weighted by molar-refractivity contribution is 0.419. The summed E-state index contributed by atoms with van der Waals surface area (Å²) in [6.07, 6.45) is 1.33. The number of benzene rings is 2. The zero-order valence-electron chi connectivity index (χ0n) is 10.7. The van der Waals surface area contributed by atoms with Gasteiger partial charge >= 0.3 is 0 Å². The third kappa shape index (κ3) is 1.93. The Bertz CT molecular complexity index is 578. The van der Waals surface area contributed by atoms with Crippen molar-refractivity contribution in [3.63, 3.8) is 0 Å². The van der Waals surface area contributed by atoms with E-state index in [9.17, 15) is 0 Å². The van der Waals surface area contributed by atoms with Crippen LogP contribution in [0.1, 0.15) is 23.7 Å². The molecule has 94 valence electrons. The third-order valence-electron chi connectivity index (χ3n) is 3.98. The molecule has 1 aliphatic carbocycles. The van der Waals surface area contributed by atoms with Crippen molar-refractivity contribution in [1.29, 1.82) is 0 Å². The van der Waals surface area contributed by atoms with Gasteiger partial charge in [-0.05, 0) is 35.3 Å². The van der Waals surface area contributed by atoms with Crippen LogP contribution in [0, 0.1) is 11.8 Å². The average molecular weight is 305 g/mol. The van der Waals surface area contributed by atoms with Crippen LogP contribution in [0.2, 0.25) is 0 Å². The number of fused-ring (bicyclic) bond motifs is 1.